The average Bonchev–Trinajstić information content (AvgIpc) is 3.80. The zero-order valence-electron chi connectivity index (χ0n) is 32.2. The molecule has 2 aliphatic carbocycles. The lowest BCUT2D eigenvalue weighted by molar-refractivity contribution is 0.783. The first-order valence-corrected chi connectivity index (χ1v) is 20.5. The van der Waals surface area contributed by atoms with Crippen LogP contribution in [0.5, 0.6) is 0 Å². The highest BCUT2D eigenvalue weighted by atomic mass is 15.1. The van der Waals surface area contributed by atoms with Crippen molar-refractivity contribution in [3.05, 3.63) is 241 Å². The standard InChI is InChI=1S/C57H36N2/c1-3-16-42(17-4-1)58(45-32-28-37-14-7-8-15-39(37)35-45)44-30-26-38(27-31-44)41-34-40-29-33-53-56-54(40)51(36-41)57(48-22-11-9-20-46(48)47-21-10-12-23-49(47)57)50-24-13-25-52(55(50)56)59(53)43-18-5-2-6-19-43/h1-36H. The summed E-state index contributed by atoms with van der Waals surface area (Å²) >= 11 is 0. The number of rotatable bonds is 5. The predicted molar refractivity (Wildman–Crippen MR) is 247 cm³/mol. The number of hydrogen-bond donors (Lipinski definition) is 0. The third-order valence-corrected chi connectivity index (χ3v) is 13.1. The predicted octanol–water partition coefficient (Wildman–Crippen LogP) is 14.9. The first kappa shape index (κ1) is 32.4. The summed E-state index contributed by atoms with van der Waals surface area (Å²) in [7, 11) is 0. The second kappa shape index (κ2) is 12.2. The third kappa shape index (κ3) is 4.40. The van der Waals surface area contributed by atoms with E-state index in [1.54, 1.807) is 0 Å². The molecule has 0 fully saturated rings. The van der Waals surface area contributed by atoms with Crippen LogP contribution < -0.4 is 4.90 Å². The van der Waals surface area contributed by atoms with Crippen molar-refractivity contribution >= 4 is 60.4 Å². The smallest absolute Gasteiger partial charge is 0.0726 e. The molecule has 59 heavy (non-hydrogen) atoms. The first-order valence-electron chi connectivity index (χ1n) is 20.5. The number of benzene rings is 10. The Bertz CT molecular complexity index is 3440. The van der Waals surface area contributed by atoms with Crippen LogP contribution in [0, 0.1) is 0 Å². The van der Waals surface area contributed by atoms with Gasteiger partial charge in [0.2, 0.25) is 0 Å². The van der Waals surface area contributed by atoms with Crippen LogP contribution >= 0.6 is 0 Å². The summed E-state index contributed by atoms with van der Waals surface area (Å²) < 4.78 is 2.48. The number of fused-ring (bicyclic) bond motifs is 8. The summed E-state index contributed by atoms with van der Waals surface area (Å²) in [5, 5.41) is 7.77. The van der Waals surface area contributed by atoms with Crippen molar-refractivity contribution in [1.29, 1.82) is 0 Å². The molecule has 2 heteroatoms. The molecule has 1 aromatic heterocycles. The van der Waals surface area contributed by atoms with Crippen LogP contribution in [0.2, 0.25) is 0 Å². The van der Waals surface area contributed by atoms with Gasteiger partial charge in [0, 0.05) is 33.5 Å². The lowest BCUT2D eigenvalue weighted by atomic mass is 9.62. The first-order chi connectivity index (χ1) is 29.3. The maximum absolute atomic E-state index is 2.52. The Kier molecular flexibility index (Phi) is 6.68. The third-order valence-electron chi connectivity index (χ3n) is 13.1. The molecule has 1 spiro atoms. The van der Waals surface area contributed by atoms with E-state index in [1.807, 2.05) is 0 Å². The van der Waals surface area contributed by atoms with E-state index < -0.39 is 5.41 Å². The fraction of sp³-hybridized carbons (Fsp3) is 0.0175. The van der Waals surface area contributed by atoms with Crippen LogP contribution in [0.25, 0.3) is 71.3 Å². The van der Waals surface area contributed by atoms with Gasteiger partial charge in [-0.3, -0.25) is 0 Å². The summed E-state index contributed by atoms with van der Waals surface area (Å²) in [5.74, 6) is 0. The van der Waals surface area contributed by atoms with Crippen molar-refractivity contribution in [3.63, 3.8) is 0 Å². The zero-order chi connectivity index (χ0) is 38.7. The molecule has 0 saturated carbocycles. The number of aromatic nitrogens is 1. The van der Waals surface area contributed by atoms with Crippen molar-refractivity contribution < 1.29 is 0 Å². The highest BCUT2D eigenvalue weighted by Crippen LogP contribution is 2.62. The molecule has 10 aromatic carbocycles. The maximum Gasteiger partial charge on any atom is 0.0726 e. The molecule has 0 N–H and O–H groups in total. The number of nitrogens with zero attached hydrogens (tertiary/aromatic N) is 2. The van der Waals surface area contributed by atoms with Gasteiger partial charge in [-0.1, -0.05) is 146 Å². The van der Waals surface area contributed by atoms with E-state index >= 15 is 0 Å². The topological polar surface area (TPSA) is 8.17 Å². The van der Waals surface area contributed by atoms with Gasteiger partial charge in [-0.25, -0.2) is 0 Å². The highest BCUT2D eigenvalue weighted by Gasteiger charge is 2.50. The Balaban J connectivity index is 1.07. The molecule has 0 saturated heterocycles. The maximum atomic E-state index is 2.52. The van der Waals surface area contributed by atoms with Crippen LogP contribution in [0.1, 0.15) is 22.3 Å². The van der Waals surface area contributed by atoms with Gasteiger partial charge in [0.25, 0.3) is 0 Å². The molecule has 274 valence electrons. The Morgan fingerprint density at radius 3 is 1.68 bits per heavy atom. The lowest BCUT2D eigenvalue weighted by Crippen LogP contribution is -2.30. The molecule has 0 amide bonds. The van der Waals surface area contributed by atoms with Gasteiger partial charge in [0.1, 0.15) is 0 Å². The number of anilines is 3. The molecule has 2 aliphatic rings. The Labute approximate surface area is 342 Å². The van der Waals surface area contributed by atoms with E-state index in [4.69, 9.17) is 0 Å². The fourth-order valence-corrected chi connectivity index (χ4v) is 10.7. The summed E-state index contributed by atoms with van der Waals surface area (Å²) in [6.07, 6.45) is 0. The van der Waals surface area contributed by atoms with Crippen molar-refractivity contribution in [2.24, 2.45) is 0 Å². The second-order valence-corrected chi connectivity index (χ2v) is 16.0. The number of hydrogen-bond acceptors (Lipinski definition) is 1. The number of para-hydroxylation sites is 2. The molecule has 13 rings (SSSR count). The molecule has 0 unspecified atom stereocenters. The van der Waals surface area contributed by atoms with E-state index in [-0.39, 0.29) is 0 Å². The largest absolute Gasteiger partial charge is 0.310 e. The summed E-state index contributed by atoms with van der Waals surface area (Å²) in [4.78, 5) is 2.36. The monoisotopic (exact) mass is 748 g/mol. The van der Waals surface area contributed by atoms with Gasteiger partial charge >= 0.3 is 0 Å². The normalized spacial score (nSPS) is 13.2. The van der Waals surface area contributed by atoms with Crippen LogP contribution in [-0.2, 0) is 5.41 Å². The minimum atomic E-state index is -0.495. The van der Waals surface area contributed by atoms with Gasteiger partial charge in [-0.2, -0.15) is 0 Å². The lowest BCUT2D eigenvalue weighted by Gasteiger charge is -2.38. The molecule has 0 aliphatic heterocycles. The van der Waals surface area contributed by atoms with E-state index in [1.165, 1.54) is 93.5 Å². The average molecular weight is 749 g/mol. The molecule has 0 atom stereocenters. The van der Waals surface area contributed by atoms with E-state index in [9.17, 15) is 0 Å². The Morgan fingerprint density at radius 1 is 0.322 bits per heavy atom. The van der Waals surface area contributed by atoms with Crippen molar-refractivity contribution in [3.8, 4) is 27.9 Å². The molecule has 0 radical (unpaired) electrons. The van der Waals surface area contributed by atoms with E-state index in [0.29, 0.717) is 0 Å². The summed E-state index contributed by atoms with van der Waals surface area (Å²) in [6.45, 7) is 0. The fourth-order valence-electron chi connectivity index (χ4n) is 10.7. The van der Waals surface area contributed by atoms with Crippen LogP contribution in [0.3, 0.4) is 0 Å². The van der Waals surface area contributed by atoms with Crippen molar-refractivity contribution in [2.75, 3.05) is 4.90 Å². The minimum Gasteiger partial charge on any atom is -0.310 e. The van der Waals surface area contributed by atoms with Gasteiger partial charge < -0.3 is 9.47 Å². The van der Waals surface area contributed by atoms with E-state index in [0.717, 1.165) is 17.1 Å². The van der Waals surface area contributed by atoms with Gasteiger partial charge in [0.05, 0.1) is 16.4 Å². The minimum absolute atomic E-state index is 0.495. The van der Waals surface area contributed by atoms with Crippen LogP contribution in [0.4, 0.5) is 17.1 Å². The van der Waals surface area contributed by atoms with Crippen LogP contribution in [0.15, 0.2) is 218 Å². The quantitative estimate of drug-likeness (QED) is 0.170. The molecule has 2 nitrogen and oxygen atoms in total. The molecular weight excluding hydrogens is 713 g/mol. The van der Waals surface area contributed by atoms with Crippen molar-refractivity contribution in [2.45, 2.75) is 5.41 Å². The molecule has 1 heterocycles. The SMILES string of the molecule is c1ccc(N(c2ccc(-c3cc4c5c(ccc6c5c5c(cccc5n6-c5ccccc5)C45c4ccccc4-c4ccccc45)c3)cc2)c2ccc3ccccc3c2)cc1. The Hall–Kier alpha value is -7.68. The van der Waals surface area contributed by atoms with Gasteiger partial charge in [0.15, 0.2) is 0 Å². The molecular formula is C57H36N2. The van der Waals surface area contributed by atoms with Crippen molar-refractivity contribution in [1.82, 2.24) is 4.57 Å². The van der Waals surface area contributed by atoms with Gasteiger partial charge in [-0.15, -0.1) is 0 Å². The Morgan fingerprint density at radius 2 is 0.915 bits per heavy atom. The molecule has 11 aromatic rings. The highest BCUT2D eigenvalue weighted by molar-refractivity contribution is 6.27. The van der Waals surface area contributed by atoms with E-state index in [2.05, 4.69) is 228 Å². The zero-order valence-corrected chi connectivity index (χ0v) is 32.2. The second-order valence-electron chi connectivity index (χ2n) is 16.0. The summed E-state index contributed by atoms with van der Waals surface area (Å²) in [5.41, 5.74) is 17.0. The summed E-state index contributed by atoms with van der Waals surface area (Å²) in [6, 6.07) is 81.0. The van der Waals surface area contributed by atoms with Crippen LogP contribution in [-0.4, -0.2) is 4.57 Å². The van der Waals surface area contributed by atoms with Gasteiger partial charge in [-0.05, 0) is 139 Å². The molecule has 0 bridgehead atoms.